The van der Waals surface area contributed by atoms with E-state index in [0.29, 0.717) is 0 Å². The van der Waals surface area contributed by atoms with Crippen molar-refractivity contribution in [2.75, 3.05) is 19.7 Å². The van der Waals surface area contributed by atoms with E-state index in [1.54, 1.807) is 0 Å². The van der Waals surface area contributed by atoms with E-state index < -0.39 is 0 Å². The Balaban J connectivity index is 0.00000326. The molecule has 1 N–H and O–H groups in total. The van der Waals surface area contributed by atoms with E-state index in [1.165, 1.54) is 70.6 Å². The summed E-state index contributed by atoms with van der Waals surface area (Å²) in [5.41, 5.74) is 0.108. The Labute approximate surface area is 171 Å². The first kappa shape index (κ1) is 26.4. The van der Waals surface area contributed by atoms with Crippen molar-refractivity contribution >= 4 is 0 Å². The van der Waals surface area contributed by atoms with Gasteiger partial charge in [0.1, 0.15) is 0 Å². The summed E-state index contributed by atoms with van der Waals surface area (Å²) in [6.07, 6.45) is 26.2. The van der Waals surface area contributed by atoms with Crippen LogP contribution in [0.2, 0.25) is 0 Å². The molecule has 0 aromatic rings. The fraction of sp³-hybridized carbons (Fsp3) is 0.840. The Morgan fingerprint density at radius 1 is 0.815 bits per heavy atom. The van der Waals surface area contributed by atoms with Gasteiger partial charge in [0.25, 0.3) is 0 Å². The van der Waals surface area contributed by atoms with Crippen LogP contribution >= 0.6 is 0 Å². The molecular formula is C25H49NO. The summed E-state index contributed by atoms with van der Waals surface area (Å²) in [6.45, 7) is 11.6. The predicted octanol–water partition coefficient (Wildman–Crippen LogP) is 7.59. The zero-order valence-electron chi connectivity index (χ0n) is 19.0. The van der Waals surface area contributed by atoms with Crippen LogP contribution in [0.15, 0.2) is 24.3 Å². The third-order valence-corrected chi connectivity index (χ3v) is 5.13. The van der Waals surface area contributed by atoms with E-state index >= 15 is 0 Å². The highest BCUT2D eigenvalue weighted by molar-refractivity contribution is 4.92. The van der Waals surface area contributed by atoms with Crippen LogP contribution in [-0.4, -0.2) is 25.3 Å². The third-order valence-electron chi connectivity index (χ3n) is 5.13. The molecule has 1 aliphatic rings. The standard InChI is InChI=1S/C23H43NO.C2H6/c1-3-4-5-6-7-8-9-10-11-12-13-14-15-16-17-18-21-25-23(2)19-20-24-22-23;1-2/h7-8,10-11,24H,3-6,9,12-22H2,1-2H3;1-2H3/b8-7-,11-10-;. The largest absolute Gasteiger partial charge is 0.374 e. The maximum Gasteiger partial charge on any atom is 0.0790 e. The topological polar surface area (TPSA) is 21.3 Å². The second-order valence-electron chi connectivity index (χ2n) is 7.81. The Bertz CT molecular complexity index is 342. The molecule has 0 spiro atoms. The summed E-state index contributed by atoms with van der Waals surface area (Å²) < 4.78 is 6.03. The van der Waals surface area contributed by atoms with Gasteiger partial charge in [-0.2, -0.15) is 0 Å². The summed E-state index contributed by atoms with van der Waals surface area (Å²) >= 11 is 0. The molecule has 0 saturated carbocycles. The van der Waals surface area contributed by atoms with Crippen LogP contribution in [0.5, 0.6) is 0 Å². The van der Waals surface area contributed by atoms with Gasteiger partial charge in [0.2, 0.25) is 0 Å². The van der Waals surface area contributed by atoms with Crippen molar-refractivity contribution in [3.05, 3.63) is 24.3 Å². The van der Waals surface area contributed by atoms with Crippen molar-refractivity contribution in [3.63, 3.8) is 0 Å². The summed E-state index contributed by atoms with van der Waals surface area (Å²) in [7, 11) is 0. The van der Waals surface area contributed by atoms with Crippen molar-refractivity contribution in [1.82, 2.24) is 5.32 Å². The van der Waals surface area contributed by atoms with Crippen molar-refractivity contribution in [3.8, 4) is 0 Å². The van der Waals surface area contributed by atoms with E-state index in [1.807, 2.05) is 13.8 Å². The highest BCUT2D eigenvalue weighted by atomic mass is 16.5. The Morgan fingerprint density at radius 3 is 2.00 bits per heavy atom. The van der Waals surface area contributed by atoms with Crippen molar-refractivity contribution in [2.45, 2.75) is 117 Å². The molecule has 0 aromatic carbocycles. The molecule has 0 radical (unpaired) electrons. The average molecular weight is 380 g/mol. The minimum absolute atomic E-state index is 0.108. The van der Waals surface area contributed by atoms with Crippen LogP contribution in [0.25, 0.3) is 0 Å². The van der Waals surface area contributed by atoms with Crippen LogP contribution in [0, 0.1) is 0 Å². The zero-order chi connectivity index (χ0) is 20.1. The van der Waals surface area contributed by atoms with Gasteiger partial charge in [-0.3, -0.25) is 0 Å². The number of ether oxygens (including phenoxy) is 1. The molecule has 160 valence electrons. The van der Waals surface area contributed by atoms with Gasteiger partial charge in [-0.1, -0.05) is 83.6 Å². The molecule has 1 rings (SSSR count). The second-order valence-corrected chi connectivity index (χ2v) is 7.81. The first-order valence-corrected chi connectivity index (χ1v) is 11.9. The molecular weight excluding hydrogens is 330 g/mol. The summed E-state index contributed by atoms with van der Waals surface area (Å²) in [4.78, 5) is 0. The predicted molar refractivity (Wildman–Crippen MR) is 123 cm³/mol. The number of unbranched alkanes of at least 4 members (excludes halogenated alkanes) is 9. The quantitative estimate of drug-likeness (QED) is 0.220. The number of nitrogens with one attached hydrogen (secondary N) is 1. The molecule has 2 heteroatoms. The molecule has 1 saturated heterocycles. The smallest absolute Gasteiger partial charge is 0.0790 e. The molecule has 27 heavy (non-hydrogen) atoms. The van der Waals surface area contributed by atoms with Gasteiger partial charge in [0.05, 0.1) is 5.60 Å². The number of rotatable bonds is 16. The molecule has 0 bridgehead atoms. The maximum absolute atomic E-state index is 6.03. The molecule has 0 aromatic heterocycles. The van der Waals surface area contributed by atoms with Crippen molar-refractivity contribution in [2.24, 2.45) is 0 Å². The van der Waals surface area contributed by atoms with Gasteiger partial charge in [-0.15, -0.1) is 0 Å². The normalized spacial score (nSPS) is 19.7. The molecule has 0 aliphatic carbocycles. The summed E-state index contributed by atoms with van der Waals surface area (Å²) in [5, 5.41) is 3.39. The Hall–Kier alpha value is -0.600. The molecule has 0 amide bonds. The van der Waals surface area contributed by atoms with E-state index in [2.05, 4.69) is 43.5 Å². The maximum atomic E-state index is 6.03. The fourth-order valence-corrected chi connectivity index (χ4v) is 3.33. The summed E-state index contributed by atoms with van der Waals surface area (Å²) in [5.74, 6) is 0. The van der Waals surface area contributed by atoms with Gasteiger partial charge in [0, 0.05) is 13.2 Å². The van der Waals surface area contributed by atoms with Gasteiger partial charge in [0.15, 0.2) is 0 Å². The van der Waals surface area contributed by atoms with Crippen LogP contribution in [-0.2, 0) is 4.74 Å². The monoisotopic (exact) mass is 379 g/mol. The number of allylic oxidation sites excluding steroid dienone is 4. The average Bonchev–Trinajstić information content (AvgIpc) is 3.12. The number of hydrogen-bond donors (Lipinski definition) is 1. The third kappa shape index (κ3) is 17.2. The number of hydrogen-bond acceptors (Lipinski definition) is 2. The van der Waals surface area contributed by atoms with Gasteiger partial charge in [-0.25, -0.2) is 0 Å². The van der Waals surface area contributed by atoms with Crippen molar-refractivity contribution < 1.29 is 4.74 Å². The molecule has 1 fully saturated rings. The first-order chi connectivity index (χ1) is 13.3. The van der Waals surface area contributed by atoms with E-state index in [4.69, 9.17) is 4.74 Å². The molecule has 1 aliphatic heterocycles. The van der Waals surface area contributed by atoms with Gasteiger partial charge >= 0.3 is 0 Å². The zero-order valence-corrected chi connectivity index (χ0v) is 19.0. The van der Waals surface area contributed by atoms with Gasteiger partial charge < -0.3 is 10.1 Å². The fourth-order valence-electron chi connectivity index (χ4n) is 3.33. The lowest BCUT2D eigenvalue weighted by molar-refractivity contribution is -0.0178. The lowest BCUT2D eigenvalue weighted by Crippen LogP contribution is -2.31. The Kier molecular flexibility index (Phi) is 19.7. The van der Waals surface area contributed by atoms with Crippen LogP contribution < -0.4 is 5.32 Å². The van der Waals surface area contributed by atoms with E-state index in [9.17, 15) is 0 Å². The second kappa shape index (κ2) is 20.1. The highest BCUT2D eigenvalue weighted by Crippen LogP contribution is 2.19. The Morgan fingerprint density at radius 2 is 1.41 bits per heavy atom. The highest BCUT2D eigenvalue weighted by Gasteiger charge is 2.28. The molecule has 1 unspecified atom stereocenters. The van der Waals surface area contributed by atoms with Crippen molar-refractivity contribution in [1.29, 1.82) is 0 Å². The minimum atomic E-state index is 0.108. The van der Waals surface area contributed by atoms with Crippen LogP contribution in [0.1, 0.15) is 111 Å². The molecule has 2 nitrogen and oxygen atoms in total. The first-order valence-electron chi connectivity index (χ1n) is 11.9. The SMILES string of the molecule is CC.CCCCC/C=C\C/C=C\CCCCCCCCOC1(C)CCNC1. The van der Waals surface area contributed by atoms with Crippen LogP contribution in [0.4, 0.5) is 0 Å². The van der Waals surface area contributed by atoms with E-state index in [-0.39, 0.29) is 5.60 Å². The molecule has 1 atom stereocenters. The van der Waals surface area contributed by atoms with Crippen LogP contribution in [0.3, 0.4) is 0 Å². The van der Waals surface area contributed by atoms with E-state index in [0.717, 1.165) is 32.5 Å². The lowest BCUT2D eigenvalue weighted by atomic mass is 10.1. The minimum Gasteiger partial charge on any atom is -0.374 e. The van der Waals surface area contributed by atoms with Gasteiger partial charge in [-0.05, 0) is 58.4 Å². The summed E-state index contributed by atoms with van der Waals surface area (Å²) in [6, 6.07) is 0. The molecule has 1 heterocycles. The lowest BCUT2D eigenvalue weighted by Gasteiger charge is -2.23.